The zero-order chi connectivity index (χ0) is 17.4. The van der Waals surface area contributed by atoms with Crippen LogP contribution in [0.2, 0.25) is 0 Å². The summed E-state index contributed by atoms with van der Waals surface area (Å²) in [5.41, 5.74) is 3.46. The summed E-state index contributed by atoms with van der Waals surface area (Å²) in [6, 6.07) is 8.29. The summed E-state index contributed by atoms with van der Waals surface area (Å²) in [4.78, 5) is 28.8. The van der Waals surface area contributed by atoms with Gasteiger partial charge < -0.3 is 9.30 Å². The SMILES string of the molecule is COC(=O)[C@H]1CC[C@H](C(=O)CC2c3ccccc3-c3cncn32)CC1. The van der Waals surface area contributed by atoms with Crippen LogP contribution in [-0.4, -0.2) is 28.4 Å². The molecule has 1 fully saturated rings. The quantitative estimate of drug-likeness (QED) is 0.802. The minimum absolute atomic E-state index is 0.0403. The lowest BCUT2D eigenvalue weighted by atomic mass is 9.78. The molecule has 0 bridgehead atoms. The lowest BCUT2D eigenvalue weighted by molar-refractivity contribution is -0.147. The Morgan fingerprint density at radius 1 is 1.16 bits per heavy atom. The van der Waals surface area contributed by atoms with Crippen molar-refractivity contribution in [3.05, 3.63) is 42.4 Å². The number of nitrogens with zero attached hydrogens (tertiary/aromatic N) is 2. The summed E-state index contributed by atoms with van der Waals surface area (Å²) in [7, 11) is 1.43. The van der Waals surface area contributed by atoms with Gasteiger partial charge in [-0.3, -0.25) is 9.59 Å². The van der Waals surface area contributed by atoms with Gasteiger partial charge in [0.05, 0.1) is 37.3 Å². The second kappa shape index (κ2) is 6.47. The molecule has 2 aromatic rings. The summed E-state index contributed by atoms with van der Waals surface area (Å²) in [6.07, 6.45) is 7.25. The van der Waals surface area contributed by atoms with Crippen molar-refractivity contribution in [3.63, 3.8) is 0 Å². The lowest BCUT2D eigenvalue weighted by Gasteiger charge is -2.27. The summed E-state index contributed by atoms with van der Waals surface area (Å²) < 4.78 is 6.94. The molecule has 0 spiro atoms. The molecule has 0 N–H and O–H groups in total. The number of rotatable bonds is 4. The minimum Gasteiger partial charge on any atom is -0.469 e. The Morgan fingerprint density at radius 3 is 2.64 bits per heavy atom. The van der Waals surface area contributed by atoms with Crippen LogP contribution in [0.3, 0.4) is 0 Å². The third-order valence-electron chi connectivity index (χ3n) is 5.71. The van der Waals surface area contributed by atoms with Crippen LogP contribution in [-0.2, 0) is 14.3 Å². The Hall–Kier alpha value is -2.43. The van der Waals surface area contributed by atoms with E-state index in [4.69, 9.17) is 4.74 Å². The normalized spacial score (nSPS) is 24.4. The molecule has 130 valence electrons. The topological polar surface area (TPSA) is 61.2 Å². The highest BCUT2D eigenvalue weighted by Crippen LogP contribution is 2.42. The van der Waals surface area contributed by atoms with Crippen molar-refractivity contribution in [3.8, 4) is 11.3 Å². The van der Waals surface area contributed by atoms with Gasteiger partial charge in [-0.1, -0.05) is 24.3 Å². The van der Waals surface area contributed by atoms with E-state index in [0.717, 1.165) is 31.4 Å². The molecular formula is C20H22N2O3. The maximum Gasteiger partial charge on any atom is 0.308 e. The van der Waals surface area contributed by atoms with E-state index >= 15 is 0 Å². The van der Waals surface area contributed by atoms with Crippen molar-refractivity contribution < 1.29 is 14.3 Å². The first-order valence-electron chi connectivity index (χ1n) is 8.90. The molecule has 1 atom stereocenters. The molecule has 0 saturated heterocycles. The van der Waals surface area contributed by atoms with Crippen LogP contribution in [0.25, 0.3) is 11.3 Å². The number of methoxy groups -OCH3 is 1. The van der Waals surface area contributed by atoms with Crippen LogP contribution >= 0.6 is 0 Å². The Kier molecular flexibility index (Phi) is 4.15. The van der Waals surface area contributed by atoms with Gasteiger partial charge in [0.1, 0.15) is 5.78 Å². The Labute approximate surface area is 147 Å². The van der Waals surface area contributed by atoms with E-state index in [2.05, 4.69) is 21.7 Å². The maximum absolute atomic E-state index is 12.9. The Balaban J connectivity index is 1.47. The number of fused-ring (bicyclic) bond motifs is 3. The molecule has 1 aromatic heterocycles. The molecule has 1 saturated carbocycles. The number of Topliss-reactive ketones (excluding diaryl/α,β-unsaturated/α-hetero) is 1. The van der Waals surface area contributed by atoms with E-state index in [1.54, 1.807) is 0 Å². The standard InChI is InChI=1S/C20H22N2O3/c1-25-20(24)14-8-6-13(7-9-14)19(23)10-17-15-4-2-3-5-16(15)18-11-21-12-22(17)18/h2-5,11-14,17H,6-10H2,1H3/t13-,14-,17?. The second-order valence-electron chi connectivity index (χ2n) is 7.03. The molecule has 4 rings (SSSR count). The van der Waals surface area contributed by atoms with E-state index in [1.807, 2.05) is 24.7 Å². The number of imidazole rings is 1. The van der Waals surface area contributed by atoms with Gasteiger partial charge >= 0.3 is 5.97 Å². The number of hydrogen-bond donors (Lipinski definition) is 0. The molecule has 1 aromatic carbocycles. The van der Waals surface area contributed by atoms with Crippen molar-refractivity contribution in [2.45, 2.75) is 38.1 Å². The van der Waals surface area contributed by atoms with E-state index in [1.165, 1.54) is 18.2 Å². The minimum atomic E-state index is -0.140. The lowest BCUT2D eigenvalue weighted by Crippen LogP contribution is -2.27. The fraction of sp³-hybridized carbons (Fsp3) is 0.450. The van der Waals surface area contributed by atoms with Crippen molar-refractivity contribution in [2.75, 3.05) is 7.11 Å². The van der Waals surface area contributed by atoms with Crippen LogP contribution < -0.4 is 0 Å². The van der Waals surface area contributed by atoms with Crippen molar-refractivity contribution in [2.24, 2.45) is 11.8 Å². The van der Waals surface area contributed by atoms with Gasteiger partial charge in [-0.25, -0.2) is 4.98 Å². The molecule has 1 aliphatic carbocycles. The number of benzene rings is 1. The summed E-state index contributed by atoms with van der Waals surface area (Å²) in [5, 5.41) is 0. The van der Waals surface area contributed by atoms with Crippen LogP contribution in [0.15, 0.2) is 36.8 Å². The molecule has 5 heteroatoms. The highest BCUT2D eigenvalue weighted by atomic mass is 16.5. The first-order valence-corrected chi connectivity index (χ1v) is 8.90. The first kappa shape index (κ1) is 16.1. The van der Waals surface area contributed by atoms with Crippen LogP contribution in [0.1, 0.15) is 43.7 Å². The average Bonchev–Trinajstić information content (AvgIpc) is 3.24. The molecule has 25 heavy (non-hydrogen) atoms. The molecule has 2 heterocycles. The van der Waals surface area contributed by atoms with Gasteiger partial charge in [0.2, 0.25) is 0 Å². The number of esters is 1. The Morgan fingerprint density at radius 2 is 1.88 bits per heavy atom. The zero-order valence-corrected chi connectivity index (χ0v) is 14.4. The fourth-order valence-corrected chi connectivity index (χ4v) is 4.32. The average molecular weight is 338 g/mol. The van der Waals surface area contributed by atoms with Crippen molar-refractivity contribution >= 4 is 11.8 Å². The van der Waals surface area contributed by atoms with Crippen LogP contribution in [0.4, 0.5) is 0 Å². The van der Waals surface area contributed by atoms with Crippen molar-refractivity contribution in [1.82, 2.24) is 9.55 Å². The fourth-order valence-electron chi connectivity index (χ4n) is 4.32. The smallest absolute Gasteiger partial charge is 0.308 e. The van der Waals surface area contributed by atoms with Crippen LogP contribution in [0.5, 0.6) is 0 Å². The van der Waals surface area contributed by atoms with E-state index in [9.17, 15) is 9.59 Å². The Bertz CT molecular complexity index is 803. The number of carbonyl (C=O) groups is 2. The second-order valence-corrected chi connectivity index (χ2v) is 7.03. The van der Waals surface area contributed by atoms with Gasteiger partial charge in [0, 0.05) is 17.9 Å². The highest BCUT2D eigenvalue weighted by molar-refractivity contribution is 5.83. The third kappa shape index (κ3) is 2.77. The van der Waals surface area contributed by atoms with E-state index in [0.29, 0.717) is 12.2 Å². The molecule has 2 aliphatic rings. The summed E-state index contributed by atoms with van der Waals surface area (Å²) >= 11 is 0. The number of ketones is 1. The van der Waals surface area contributed by atoms with E-state index < -0.39 is 0 Å². The first-order chi connectivity index (χ1) is 12.2. The van der Waals surface area contributed by atoms with E-state index in [-0.39, 0.29) is 23.8 Å². The maximum atomic E-state index is 12.9. The predicted octanol–water partition coefficient (Wildman–Crippen LogP) is 3.39. The van der Waals surface area contributed by atoms with Gasteiger partial charge in [-0.2, -0.15) is 0 Å². The highest BCUT2D eigenvalue weighted by Gasteiger charge is 2.34. The number of aromatic nitrogens is 2. The number of hydrogen-bond acceptors (Lipinski definition) is 4. The van der Waals surface area contributed by atoms with Crippen LogP contribution in [0, 0.1) is 11.8 Å². The van der Waals surface area contributed by atoms with Gasteiger partial charge in [-0.05, 0) is 31.2 Å². The van der Waals surface area contributed by atoms with Gasteiger partial charge in [0.25, 0.3) is 0 Å². The number of carbonyl (C=O) groups excluding carboxylic acids is 2. The molecule has 1 unspecified atom stereocenters. The molecular weight excluding hydrogens is 316 g/mol. The largest absolute Gasteiger partial charge is 0.469 e. The van der Waals surface area contributed by atoms with Gasteiger partial charge in [-0.15, -0.1) is 0 Å². The summed E-state index contributed by atoms with van der Waals surface area (Å²) in [5.74, 6) is 0.172. The molecule has 0 radical (unpaired) electrons. The van der Waals surface area contributed by atoms with Crippen molar-refractivity contribution in [1.29, 1.82) is 0 Å². The monoisotopic (exact) mass is 338 g/mol. The predicted molar refractivity (Wildman–Crippen MR) is 92.9 cm³/mol. The third-order valence-corrected chi connectivity index (χ3v) is 5.71. The summed E-state index contributed by atoms with van der Waals surface area (Å²) in [6.45, 7) is 0. The molecule has 0 amide bonds. The van der Waals surface area contributed by atoms with Gasteiger partial charge in [0.15, 0.2) is 0 Å². The molecule has 5 nitrogen and oxygen atoms in total. The number of ether oxygens (including phenoxy) is 1. The zero-order valence-electron chi connectivity index (χ0n) is 14.4. The molecule has 1 aliphatic heterocycles.